The molecule has 5 heteroatoms. The van der Waals surface area contributed by atoms with Crippen molar-refractivity contribution in [2.45, 2.75) is 13.8 Å². The first-order chi connectivity index (χ1) is 13.0. The van der Waals surface area contributed by atoms with E-state index in [1.807, 2.05) is 54.6 Å². The Hall–Kier alpha value is -3.44. The molecule has 136 valence electrons. The predicted molar refractivity (Wildman–Crippen MR) is 102 cm³/mol. The van der Waals surface area contributed by atoms with E-state index in [1.165, 1.54) is 13.8 Å². The maximum Gasteiger partial charge on any atom is 0.308 e. The highest BCUT2D eigenvalue weighted by Crippen LogP contribution is 2.20. The molecule has 3 aromatic carbocycles. The van der Waals surface area contributed by atoms with Crippen LogP contribution >= 0.6 is 0 Å². The summed E-state index contributed by atoms with van der Waals surface area (Å²) in [6, 6.07) is 24.8. The van der Waals surface area contributed by atoms with Crippen LogP contribution in [0.4, 0.5) is 17.1 Å². The molecule has 0 fully saturated rings. The van der Waals surface area contributed by atoms with E-state index in [1.54, 1.807) is 24.3 Å². The van der Waals surface area contributed by atoms with Crippen LogP contribution in [0.3, 0.4) is 0 Å². The fourth-order valence-electron chi connectivity index (χ4n) is 2.82. The van der Waals surface area contributed by atoms with Gasteiger partial charge in [-0.15, -0.1) is 0 Å². The number of benzene rings is 3. The zero-order valence-corrected chi connectivity index (χ0v) is 15.1. The smallest absolute Gasteiger partial charge is 0.308 e. The van der Waals surface area contributed by atoms with Gasteiger partial charge in [0, 0.05) is 38.1 Å². The molecule has 0 saturated heterocycles. The van der Waals surface area contributed by atoms with Crippen molar-refractivity contribution >= 4 is 29.0 Å². The Morgan fingerprint density at radius 2 is 0.963 bits per heavy atom. The van der Waals surface area contributed by atoms with Gasteiger partial charge in [0.05, 0.1) is 0 Å². The first-order valence-electron chi connectivity index (χ1n) is 8.53. The molecule has 0 aliphatic carbocycles. The second-order valence-corrected chi connectivity index (χ2v) is 5.98. The van der Waals surface area contributed by atoms with Gasteiger partial charge in [-0.2, -0.15) is 0 Å². The van der Waals surface area contributed by atoms with Crippen LogP contribution in [0, 0.1) is 0 Å². The molecule has 0 spiro atoms. The lowest BCUT2D eigenvalue weighted by molar-refractivity contribution is -0.681. The van der Waals surface area contributed by atoms with E-state index >= 15 is 0 Å². The minimum Gasteiger partial charge on any atom is -0.427 e. The van der Waals surface area contributed by atoms with Crippen LogP contribution in [0.5, 0.6) is 11.5 Å². The van der Waals surface area contributed by atoms with Gasteiger partial charge < -0.3 is 9.47 Å². The second kappa shape index (κ2) is 8.29. The molecule has 27 heavy (non-hydrogen) atoms. The molecule has 0 amide bonds. The largest absolute Gasteiger partial charge is 0.427 e. The maximum absolute atomic E-state index is 11.1. The fraction of sp³-hybridized carbons (Fsp3) is 0.0909. The summed E-state index contributed by atoms with van der Waals surface area (Å²) in [4.78, 5) is 23.3. The summed E-state index contributed by atoms with van der Waals surface area (Å²) >= 11 is 0. The zero-order valence-electron chi connectivity index (χ0n) is 15.1. The Bertz CT molecular complexity index is 859. The standard InChI is InChI=1S/C22H19NO4/c1-16(24)26-21-12-8-19(9-13-21)23(18-6-4-3-5-7-18)20-10-14-22(15-11-20)27-17(2)25/h3-15H,1-2H3/p+1. The van der Waals surface area contributed by atoms with Crippen LogP contribution in [0.2, 0.25) is 0 Å². The summed E-state index contributed by atoms with van der Waals surface area (Å²) in [5.74, 6) is 0.305. The molecule has 0 saturated carbocycles. The van der Waals surface area contributed by atoms with Crippen molar-refractivity contribution in [1.82, 2.24) is 0 Å². The molecule has 0 heterocycles. The highest BCUT2D eigenvalue weighted by Gasteiger charge is 2.19. The lowest BCUT2D eigenvalue weighted by Crippen LogP contribution is -2.96. The number of ether oxygens (including phenoxy) is 2. The molecule has 0 radical (unpaired) electrons. The Morgan fingerprint density at radius 3 is 1.33 bits per heavy atom. The zero-order chi connectivity index (χ0) is 19.2. The lowest BCUT2D eigenvalue weighted by Gasteiger charge is -2.19. The molecule has 3 aromatic rings. The van der Waals surface area contributed by atoms with Crippen molar-refractivity contribution in [2.75, 3.05) is 0 Å². The molecule has 0 aliphatic rings. The van der Waals surface area contributed by atoms with Gasteiger partial charge in [-0.1, -0.05) is 18.2 Å². The summed E-state index contributed by atoms with van der Waals surface area (Å²) < 4.78 is 10.2. The van der Waals surface area contributed by atoms with Crippen molar-refractivity contribution in [2.24, 2.45) is 0 Å². The Labute approximate surface area is 157 Å². The average Bonchev–Trinajstić information content (AvgIpc) is 2.65. The van der Waals surface area contributed by atoms with Gasteiger partial charge in [0.25, 0.3) is 0 Å². The number of esters is 2. The molecule has 0 aliphatic heterocycles. The number of para-hydroxylation sites is 1. The highest BCUT2D eigenvalue weighted by atomic mass is 16.5. The number of nitrogens with one attached hydrogen (secondary N) is 1. The van der Waals surface area contributed by atoms with Crippen molar-refractivity contribution < 1.29 is 24.0 Å². The first kappa shape index (κ1) is 18.4. The third-order valence-electron chi connectivity index (χ3n) is 3.87. The van der Waals surface area contributed by atoms with Crippen LogP contribution in [0.15, 0.2) is 78.9 Å². The van der Waals surface area contributed by atoms with Crippen LogP contribution in [0.25, 0.3) is 0 Å². The van der Waals surface area contributed by atoms with Crippen molar-refractivity contribution in [1.29, 1.82) is 0 Å². The van der Waals surface area contributed by atoms with Gasteiger partial charge in [0.2, 0.25) is 0 Å². The molecule has 1 N–H and O–H groups in total. The van der Waals surface area contributed by atoms with E-state index in [0.717, 1.165) is 22.0 Å². The van der Waals surface area contributed by atoms with Gasteiger partial charge in [0.15, 0.2) is 0 Å². The molecule has 0 unspecified atom stereocenters. The van der Waals surface area contributed by atoms with Crippen LogP contribution < -0.4 is 14.4 Å². The van der Waals surface area contributed by atoms with Crippen molar-refractivity contribution in [3.63, 3.8) is 0 Å². The molecule has 0 atom stereocenters. The van der Waals surface area contributed by atoms with Crippen molar-refractivity contribution in [3.05, 3.63) is 78.9 Å². The minimum atomic E-state index is -0.351. The van der Waals surface area contributed by atoms with E-state index in [2.05, 4.69) is 0 Å². The monoisotopic (exact) mass is 362 g/mol. The van der Waals surface area contributed by atoms with Crippen LogP contribution in [-0.4, -0.2) is 11.9 Å². The number of carbonyl (C=O) groups excluding carboxylic acids is 2. The van der Waals surface area contributed by atoms with Crippen LogP contribution in [0.1, 0.15) is 13.8 Å². The third kappa shape index (κ3) is 4.80. The van der Waals surface area contributed by atoms with E-state index in [0.29, 0.717) is 11.5 Å². The molecule has 3 rings (SSSR count). The molecule has 0 aromatic heterocycles. The van der Waals surface area contributed by atoms with E-state index in [4.69, 9.17) is 9.47 Å². The third-order valence-corrected chi connectivity index (χ3v) is 3.87. The number of quaternary nitrogens is 1. The summed E-state index contributed by atoms with van der Waals surface area (Å²) in [7, 11) is 0. The fourth-order valence-corrected chi connectivity index (χ4v) is 2.82. The molecule has 0 bridgehead atoms. The van der Waals surface area contributed by atoms with Crippen molar-refractivity contribution in [3.8, 4) is 11.5 Å². The average molecular weight is 362 g/mol. The number of hydrogen-bond donors (Lipinski definition) is 1. The van der Waals surface area contributed by atoms with E-state index in [-0.39, 0.29) is 11.9 Å². The summed E-state index contributed by atoms with van der Waals surface area (Å²) in [5, 5.41) is 0. The van der Waals surface area contributed by atoms with Gasteiger partial charge in [-0.25, -0.2) is 4.90 Å². The van der Waals surface area contributed by atoms with E-state index < -0.39 is 0 Å². The van der Waals surface area contributed by atoms with Crippen LogP contribution in [-0.2, 0) is 9.59 Å². The maximum atomic E-state index is 11.1. The minimum absolute atomic E-state index is 0.351. The summed E-state index contributed by atoms with van der Waals surface area (Å²) in [6.07, 6.45) is 0. The summed E-state index contributed by atoms with van der Waals surface area (Å²) in [5.41, 5.74) is 3.02. The van der Waals surface area contributed by atoms with Gasteiger partial charge in [-0.05, 0) is 36.4 Å². The van der Waals surface area contributed by atoms with E-state index in [9.17, 15) is 9.59 Å². The quantitative estimate of drug-likeness (QED) is 0.555. The van der Waals surface area contributed by atoms with Gasteiger partial charge in [0.1, 0.15) is 28.6 Å². The predicted octanol–water partition coefficient (Wildman–Crippen LogP) is 3.72. The van der Waals surface area contributed by atoms with Gasteiger partial charge in [-0.3, -0.25) is 9.59 Å². The topological polar surface area (TPSA) is 57.0 Å². The number of rotatable bonds is 5. The Balaban J connectivity index is 1.97. The lowest BCUT2D eigenvalue weighted by atomic mass is 10.2. The second-order valence-electron chi connectivity index (χ2n) is 5.98. The molecular weight excluding hydrogens is 342 g/mol. The SMILES string of the molecule is CC(=O)Oc1ccc([NH+](c2ccccc2)c2ccc(OC(C)=O)cc2)cc1. The molecule has 5 nitrogen and oxygen atoms in total. The number of hydrogen-bond acceptors (Lipinski definition) is 4. The highest BCUT2D eigenvalue weighted by molar-refractivity contribution is 5.70. The normalized spacial score (nSPS) is 10.5. The summed E-state index contributed by atoms with van der Waals surface area (Å²) in [6.45, 7) is 2.75. The van der Waals surface area contributed by atoms with Gasteiger partial charge >= 0.3 is 11.9 Å². The Kier molecular flexibility index (Phi) is 5.64. The Morgan fingerprint density at radius 1 is 0.593 bits per heavy atom. The number of carbonyl (C=O) groups is 2. The molecular formula is C22H20NO4+. The first-order valence-corrected chi connectivity index (χ1v) is 8.53.